The number of nitrogens with zero attached hydrogens (tertiary/aromatic N) is 1. The number of thioether (sulfide) groups is 1. The van der Waals surface area contributed by atoms with Crippen LogP contribution < -0.4 is 10.9 Å². The highest BCUT2D eigenvalue weighted by molar-refractivity contribution is 8.13. The van der Waals surface area contributed by atoms with E-state index in [1.54, 1.807) is 12.1 Å². The lowest BCUT2D eigenvalue weighted by Gasteiger charge is -2.14. The molecule has 0 saturated carbocycles. The minimum absolute atomic E-state index is 0.0417. The van der Waals surface area contributed by atoms with Crippen molar-refractivity contribution in [2.45, 2.75) is 6.92 Å². The predicted molar refractivity (Wildman–Crippen MR) is 76.2 cm³/mol. The Balaban J connectivity index is 1.79. The van der Waals surface area contributed by atoms with Gasteiger partial charge in [0.1, 0.15) is 6.54 Å². The first-order chi connectivity index (χ1) is 9.56. The third-order valence-corrected chi connectivity index (χ3v) is 3.70. The minimum atomic E-state index is -0.415. The third-order valence-electron chi connectivity index (χ3n) is 2.81. The molecule has 1 fully saturated rings. The highest BCUT2D eigenvalue weighted by atomic mass is 32.2. The fraction of sp³-hybridized carbons (Fsp3) is 0.308. The van der Waals surface area contributed by atoms with Crippen LogP contribution >= 0.6 is 11.8 Å². The van der Waals surface area contributed by atoms with Crippen LogP contribution in [-0.2, 0) is 4.79 Å². The zero-order valence-electron chi connectivity index (χ0n) is 11.0. The average Bonchev–Trinajstić information content (AvgIpc) is 2.82. The van der Waals surface area contributed by atoms with Crippen molar-refractivity contribution >= 4 is 28.8 Å². The van der Waals surface area contributed by atoms with E-state index in [-0.39, 0.29) is 17.7 Å². The molecule has 0 atom stereocenters. The van der Waals surface area contributed by atoms with Gasteiger partial charge >= 0.3 is 0 Å². The van der Waals surface area contributed by atoms with Crippen LogP contribution in [0.5, 0.6) is 0 Å². The van der Waals surface area contributed by atoms with E-state index in [0.717, 1.165) is 5.56 Å². The monoisotopic (exact) mass is 293 g/mol. The molecule has 1 saturated heterocycles. The van der Waals surface area contributed by atoms with E-state index in [4.69, 9.17) is 0 Å². The van der Waals surface area contributed by atoms with Crippen LogP contribution in [0.4, 0.5) is 4.79 Å². The van der Waals surface area contributed by atoms with Gasteiger partial charge in [-0.15, -0.1) is 0 Å². The second-order valence-corrected chi connectivity index (χ2v) is 5.45. The van der Waals surface area contributed by atoms with Crippen molar-refractivity contribution in [2.75, 3.05) is 18.8 Å². The highest BCUT2D eigenvalue weighted by Gasteiger charge is 2.23. The lowest BCUT2D eigenvalue weighted by atomic mass is 10.1. The van der Waals surface area contributed by atoms with Gasteiger partial charge in [-0.2, -0.15) is 0 Å². The van der Waals surface area contributed by atoms with Gasteiger partial charge in [-0.3, -0.25) is 25.2 Å². The molecular formula is C13H15N3O3S. The molecule has 1 aliphatic heterocycles. The van der Waals surface area contributed by atoms with Gasteiger partial charge in [0.2, 0.25) is 0 Å². The number of amides is 3. The Morgan fingerprint density at radius 2 is 1.95 bits per heavy atom. The Morgan fingerprint density at radius 1 is 1.25 bits per heavy atom. The Hall–Kier alpha value is -2.02. The molecule has 2 N–H and O–H groups in total. The fourth-order valence-corrected chi connectivity index (χ4v) is 2.51. The van der Waals surface area contributed by atoms with Crippen LogP contribution in [0.15, 0.2) is 24.3 Å². The predicted octanol–water partition coefficient (Wildman–Crippen LogP) is 0.925. The Bertz CT molecular complexity index is 530. The number of carbonyl (C=O) groups is 3. The average molecular weight is 293 g/mol. The summed E-state index contributed by atoms with van der Waals surface area (Å²) < 4.78 is 0. The van der Waals surface area contributed by atoms with E-state index in [1.165, 1.54) is 16.7 Å². The highest BCUT2D eigenvalue weighted by Crippen LogP contribution is 2.16. The second kappa shape index (κ2) is 6.42. The minimum Gasteiger partial charge on any atom is -0.323 e. The van der Waals surface area contributed by atoms with Crippen molar-refractivity contribution in [1.82, 2.24) is 15.8 Å². The molecule has 6 nitrogen and oxygen atoms in total. The van der Waals surface area contributed by atoms with Gasteiger partial charge < -0.3 is 4.90 Å². The van der Waals surface area contributed by atoms with Gasteiger partial charge in [0.05, 0.1) is 0 Å². The van der Waals surface area contributed by atoms with Crippen molar-refractivity contribution in [3.8, 4) is 0 Å². The van der Waals surface area contributed by atoms with E-state index in [0.29, 0.717) is 17.9 Å². The Labute approximate surface area is 120 Å². The molecule has 7 heteroatoms. The maximum absolute atomic E-state index is 11.8. The number of carbonyl (C=O) groups excluding carboxylic acids is 3. The normalized spacial score (nSPS) is 14.2. The van der Waals surface area contributed by atoms with Gasteiger partial charge in [0.15, 0.2) is 0 Å². The molecule has 3 amide bonds. The van der Waals surface area contributed by atoms with Crippen LogP contribution in [0.25, 0.3) is 0 Å². The summed E-state index contributed by atoms with van der Waals surface area (Å²) in [6.45, 7) is 2.44. The van der Waals surface area contributed by atoms with E-state index >= 15 is 0 Å². The molecule has 0 radical (unpaired) electrons. The van der Waals surface area contributed by atoms with Gasteiger partial charge in [-0.25, -0.2) is 0 Å². The van der Waals surface area contributed by atoms with Crippen molar-refractivity contribution in [3.05, 3.63) is 35.4 Å². The summed E-state index contributed by atoms with van der Waals surface area (Å²) >= 11 is 1.19. The van der Waals surface area contributed by atoms with Gasteiger partial charge in [-0.05, 0) is 19.1 Å². The third kappa shape index (κ3) is 3.74. The van der Waals surface area contributed by atoms with Crippen molar-refractivity contribution in [3.63, 3.8) is 0 Å². The van der Waals surface area contributed by atoms with Crippen LogP contribution in [0, 0.1) is 6.92 Å². The van der Waals surface area contributed by atoms with Crippen LogP contribution in [0.2, 0.25) is 0 Å². The molecule has 2 rings (SSSR count). The van der Waals surface area contributed by atoms with Crippen molar-refractivity contribution in [2.24, 2.45) is 0 Å². The number of benzene rings is 1. The summed E-state index contributed by atoms with van der Waals surface area (Å²) in [6, 6.07) is 6.99. The van der Waals surface area contributed by atoms with Crippen molar-refractivity contribution < 1.29 is 14.4 Å². The Morgan fingerprint density at radius 3 is 2.55 bits per heavy atom. The Kier molecular flexibility index (Phi) is 4.62. The molecule has 1 aromatic carbocycles. The molecule has 1 heterocycles. The number of rotatable bonds is 3. The zero-order valence-corrected chi connectivity index (χ0v) is 11.8. The summed E-state index contributed by atoms with van der Waals surface area (Å²) in [6.07, 6.45) is 0. The smallest absolute Gasteiger partial charge is 0.282 e. The van der Waals surface area contributed by atoms with Crippen LogP contribution in [-0.4, -0.2) is 40.8 Å². The van der Waals surface area contributed by atoms with Crippen LogP contribution in [0.3, 0.4) is 0 Å². The maximum atomic E-state index is 11.8. The van der Waals surface area contributed by atoms with E-state index in [2.05, 4.69) is 10.9 Å². The van der Waals surface area contributed by atoms with Crippen molar-refractivity contribution in [1.29, 1.82) is 0 Å². The molecular weight excluding hydrogens is 278 g/mol. The first-order valence-electron chi connectivity index (χ1n) is 6.14. The molecule has 1 aromatic rings. The zero-order chi connectivity index (χ0) is 14.5. The molecule has 0 unspecified atom stereocenters. The molecule has 106 valence electrons. The maximum Gasteiger partial charge on any atom is 0.282 e. The number of hydrogen-bond donors (Lipinski definition) is 2. The lowest BCUT2D eigenvalue weighted by molar-refractivity contribution is -0.122. The number of aryl methyl sites for hydroxylation is 1. The molecule has 0 aromatic heterocycles. The second-order valence-electron chi connectivity index (χ2n) is 4.40. The largest absolute Gasteiger partial charge is 0.323 e. The van der Waals surface area contributed by atoms with Gasteiger partial charge in [0, 0.05) is 17.9 Å². The first kappa shape index (κ1) is 14.4. The first-order valence-corrected chi connectivity index (χ1v) is 7.12. The number of hydrazine groups is 1. The van der Waals surface area contributed by atoms with E-state index in [1.807, 2.05) is 19.1 Å². The molecule has 0 spiro atoms. The molecule has 0 bridgehead atoms. The molecule has 0 aliphatic carbocycles. The van der Waals surface area contributed by atoms with Crippen LogP contribution in [0.1, 0.15) is 15.9 Å². The lowest BCUT2D eigenvalue weighted by Crippen LogP contribution is -2.46. The van der Waals surface area contributed by atoms with E-state index in [9.17, 15) is 14.4 Å². The summed E-state index contributed by atoms with van der Waals surface area (Å²) in [4.78, 5) is 36.1. The quantitative estimate of drug-likeness (QED) is 0.813. The van der Waals surface area contributed by atoms with E-state index < -0.39 is 5.91 Å². The number of hydrogen-bond acceptors (Lipinski definition) is 4. The summed E-state index contributed by atoms with van der Waals surface area (Å²) in [5, 5.41) is -0.106. The fourth-order valence-electron chi connectivity index (χ4n) is 1.69. The number of nitrogens with one attached hydrogen (secondary N) is 2. The molecule has 1 aliphatic rings. The summed E-state index contributed by atoms with van der Waals surface area (Å²) in [5.74, 6) is -0.108. The topological polar surface area (TPSA) is 78.5 Å². The standard InChI is InChI=1S/C13H15N3O3S/c1-9-2-4-10(5-3-9)12(18)15-14-11(17)8-16-6-7-20-13(16)19/h2-5H,6-8H2,1H3,(H,14,17)(H,15,18). The summed E-state index contributed by atoms with van der Waals surface area (Å²) in [5.41, 5.74) is 6.14. The molecule has 20 heavy (non-hydrogen) atoms. The summed E-state index contributed by atoms with van der Waals surface area (Å²) in [7, 11) is 0. The SMILES string of the molecule is Cc1ccc(C(=O)NNC(=O)CN2CCSC2=O)cc1. The van der Waals surface area contributed by atoms with Gasteiger partial charge in [0.25, 0.3) is 17.1 Å². The van der Waals surface area contributed by atoms with Gasteiger partial charge in [-0.1, -0.05) is 29.5 Å².